The zero-order valence-corrected chi connectivity index (χ0v) is 11.3. The number of rotatable bonds is 6. The van der Waals surface area contributed by atoms with E-state index in [2.05, 4.69) is 5.32 Å². The zero-order valence-electron chi connectivity index (χ0n) is 11.3. The van der Waals surface area contributed by atoms with Crippen LogP contribution in [-0.2, 0) is 13.0 Å². The number of hydrogen-bond donors (Lipinski definition) is 1. The molecule has 0 unspecified atom stereocenters. The quantitative estimate of drug-likeness (QED) is 0.818. The normalized spacial score (nSPS) is 10.6. The monoisotopic (exact) mass is 277 g/mol. The van der Waals surface area contributed by atoms with Crippen molar-refractivity contribution < 1.29 is 13.5 Å². The molecule has 2 aromatic rings. The van der Waals surface area contributed by atoms with Crippen molar-refractivity contribution in [2.75, 3.05) is 13.7 Å². The fraction of sp³-hybridized carbons (Fsp3) is 0.250. The highest BCUT2D eigenvalue weighted by atomic mass is 19.1. The average Bonchev–Trinajstić information content (AvgIpc) is 2.43. The molecule has 0 radical (unpaired) electrons. The predicted octanol–water partition coefficient (Wildman–Crippen LogP) is 3.31. The molecule has 0 spiro atoms. The molecule has 2 aromatic carbocycles. The lowest BCUT2D eigenvalue weighted by molar-refractivity contribution is 0.414. The lowest BCUT2D eigenvalue weighted by Gasteiger charge is -2.06. The number of halogens is 2. The summed E-state index contributed by atoms with van der Waals surface area (Å²) in [5.74, 6) is -0.258. The summed E-state index contributed by atoms with van der Waals surface area (Å²) in [6.07, 6.45) is 0.849. The van der Waals surface area contributed by atoms with Crippen molar-refractivity contribution in [2.45, 2.75) is 13.0 Å². The van der Waals surface area contributed by atoms with Crippen molar-refractivity contribution in [1.29, 1.82) is 0 Å². The second kappa shape index (κ2) is 7.01. The lowest BCUT2D eigenvalue weighted by Crippen LogP contribution is -2.16. The van der Waals surface area contributed by atoms with Gasteiger partial charge in [0.2, 0.25) is 0 Å². The van der Waals surface area contributed by atoms with Gasteiger partial charge in [0.05, 0.1) is 7.11 Å². The number of hydrogen-bond acceptors (Lipinski definition) is 2. The molecule has 0 bridgehead atoms. The Hall–Kier alpha value is -1.94. The van der Waals surface area contributed by atoms with Gasteiger partial charge in [-0.3, -0.25) is 0 Å². The van der Waals surface area contributed by atoms with Gasteiger partial charge in [0.15, 0.2) is 0 Å². The van der Waals surface area contributed by atoms with Crippen LogP contribution in [0.1, 0.15) is 11.1 Å². The first-order valence-corrected chi connectivity index (χ1v) is 6.46. The van der Waals surface area contributed by atoms with Gasteiger partial charge in [-0.2, -0.15) is 0 Å². The first kappa shape index (κ1) is 14.5. The topological polar surface area (TPSA) is 21.3 Å². The van der Waals surface area contributed by atoms with Crippen LogP contribution in [0.3, 0.4) is 0 Å². The molecule has 0 saturated heterocycles. The van der Waals surface area contributed by atoms with Crippen LogP contribution in [0.4, 0.5) is 8.78 Å². The van der Waals surface area contributed by atoms with E-state index in [9.17, 15) is 8.78 Å². The number of nitrogens with one attached hydrogen (secondary N) is 1. The molecule has 20 heavy (non-hydrogen) atoms. The third-order valence-corrected chi connectivity index (χ3v) is 3.00. The standard InChI is InChI=1S/C16H17F2NO/c1-20-16-4-2-12(3-5-16)6-7-19-11-13-8-14(17)10-15(18)9-13/h2-5,8-10,19H,6-7,11H2,1H3. The van der Waals surface area contributed by atoms with Crippen LogP contribution in [0.15, 0.2) is 42.5 Å². The highest BCUT2D eigenvalue weighted by Gasteiger charge is 2.00. The second-order valence-electron chi connectivity index (χ2n) is 4.55. The summed E-state index contributed by atoms with van der Waals surface area (Å²) >= 11 is 0. The van der Waals surface area contributed by atoms with Crippen LogP contribution in [0, 0.1) is 11.6 Å². The van der Waals surface area contributed by atoms with Gasteiger partial charge in [-0.05, 0) is 48.4 Å². The van der Waals surface area contributed by atoms with Gasteiger partial charge in [-0.1, -0.05) is 12.1 Å². The molecule has 0 aromatic heterocycles. The molecule has 4 heteroatoms. The Balaban J connectivity index is 1.78. The minimum absolute atomic E-state index is 0.449. The highest BCUT2D eigenvalue weighted by molar-refractivity contribution is 5.27. The maximum atomic E-state index is 13.0. The molecule has 0 atom stereocenters. The van der Waals surface area contributed by atoms with E-state index < -0.39 is 11.6 Å². The third kappa shape index (κ3) is 4.31. The first-order chi connectivity index (χ1) is 9.67. The lowest BCUT2D eigenvalue weighted by atomic mass is 10.1. The molecule has 2 nitrogen and oxygen atoms in total. The minimum atomic E-state index is -0.544. The van der Waals surface area contributed by atoms with E-state index in [1.54, 1.807) is 7.11 Å². The van der Waals surface area contributed by atoms with E-state index >= 15 is 0 Å². The van der Waals surface area contributed by atoms with Crippen molar-refractivity contribution >= 4 is 0 Å². The summed E-state index contributed by atoms with van der Waals surface area (Å²) in [6, 6.07) is 11.4. The Morgan fingerprint density at radius 1 is 0.950 bits per heavy atom. The average molecular weight is 277 g/mol. The van der Waals surface area contributed by atoms with E-state index in [4.69, 9.17) is 4.74 Å². The summed E-state index contributed by atoms with van der Waals surface area (Å²) < 4.78 is 31.1. The molecule has 2 rings (SSSR count). The zero-order chi connectivity index (χ0) is 14.4. The van der Waals surface area contributed by atoms with Crippen molar-refractivity contribution in [3.8, 4) is 5.75 Å². The van der Waals surface area contributed by atoms with E-state index in [0.29, 0.717) is 12.1 Å². The van der Waals surface area contributed by atoms with Crippen molar-refractivity contribution in [3.05, 3.63) is 65.2 Å². The van der Waals surface area contributed by atoms with Gasteiger partial charge in [-0.25, -0.2) is 8.78 Å². The molecular weight excluding hydrogens is 260 g/mol. The molecular formula is C16H17F2NO. The van der Waals surface area contributed by atoms with Crippen LogP contribution in [-0.4, -0.2) is 13.7 Å². The van der Waals surface area contributed by atoms with E-state index in [0.717, 1.165) is 24.8 Å². The molecule has 0 aliphatic heterocycles. The van der Waals surface area contributed by atoms with Crippen LogP contribution >= 0.6 is 0 Å². The summed E-state index contributed by atoms with van der Waals surface area (Å²) in [7, 11) is 1.63. The molecule has 0 aliphatic carbocycles. The van der Waals surface area contributed by atoms with Crippen molar-refractivity contribution in [1.82, 2.24) is 5.32 Å². The SMILES string of the molecule is COc1ccc(CCNCc2cc(F)cc(F)c2)cc1. The molecule has 0 saturated carbocycles. The Labute approximate surface area is 117 Å². The summed E-state index contributed by atoms with van der Waals surface area (Å²) in [5, 5.41) is 3.17. The summed E-state index contributed by atoms with van der Waals surface area (Å²) in [6.45, 7) is 1.19. The summed E-state index contributed by atoms with van der Waals surface area (Å²) in [4.78, 5) is 0. The van der Waals surface area contributed by atoms with Crippen LogP contribution in [0.2, 0.25) is 0 Å². The Bertz CT molecular complexity index is 535. The molecule has 0 heterocycles. The maximum absolute atomic E-state index is 13.0. The van der Waals surface area contributed by atoms with E-state index in [1.807, 2.05) is 24.3 Å². The van der Waals surface area contributed by atoms with Crippen LogP contribution in [0.25, 0.3) is 0 Å². The first-order valence-electron chi connectivity index (χ1n) is 6.46. The number of methoxy groups -OCH3 is 1. The minimum Gasteiger partial charge on any atom is -0.497 e. The molecule has 0 amide bonds. The van der Waals surface area contributed by atoms with Gasteiger partial charge >= 0.3 is 0 Å². The Morgan fingerprint density at radius 2 is 1.60 bits per heavy atom. The van der Waals surface area contributed by atoms with Gasteiger partial charge < -0.3 is 10.1 Å². The fourth-order valence-electron chi connectivity index (χ4n) is 1.97. The highest BCUT2D eigenvalue weighted by Crippen LogP contribution is 2.11. The maximum Gasteiger partial charge on any atom is 0.126 e. The van der Waals surface area contributed by atoms with Crippen molar-refractivity contribution in [2.24, 2.45) is 0 Å². The second-order valence-corrected chi connectivity index (χ2v) is 4.55. The number of benzene rings is 2. The Kier molecular flexibility index (Phi) is 5.07. The molecule has 0 aliphatic rings. The molecule has 1 N–H and O–H groups in total. The fourth-order valence-corrected chi connectivity index (χ4v) is 1.97. The van der Waals surface area contributed by atoms with Gasteiger partial charge in [0.25, 0.3) is 0 Å². The Morgan fingerprint density at radius 3 is 2.20 bits per heavy atom. The van der Waals surface area contributed by atoms with E-state index in [-0.39, 0.29) is 0 Å². The van der Waals surface area contributed by atoms with E-state index in [1.165, 1.54) is 17.7 Å². The van der Waals surface area contributed by atoms with Gasteiger partial charge in [0.1, 0.15) is 17.4 Å². The molecule has 0 fully saturated rings. The van der Waals surface area contributed by atoms with Gasteiger partial charge in [-0.15, -0.1) is 0 Å². The summed E-state index contributed by atoms with van der Waals surface area (Å²) in [5.41, 5.74) is 1.79. The van der Waals surface area contributed by atoms with Gasteiger partial charge in [0, 0.05) is 12.6 Å². The largest absolute Gasteiger partial charge is 0.497 e. The predicted molar refractivity (Wildman–Crippen MR) is 74.8 cm³/mol. The number of ether oxygens (including phenoxy) is 1. The van der Waals surface area contributed by atoms with Crippen molar-refractivity contribution in [3.63, 3.8) is 0 Å². The molecule has 106 valence electrons. The van der Waals surface area contributed by atoms with Crippen LogP contribution < -0.4 is 10.1 Å². The van der Waals surface area contributed by atoms with Crippen LogP contribution in [0.5, 0.6) is 5.75 Å². The smallest absolute Gasteiger partial charge is 0.126 e. The third-order valence-electron chi connectivity index (χ3n) is 3.00.